The average molecular weight is 494 g/mol. The van der Waals surface area contributed by atoms with Gasteiger partial charge in [-0.1, -0.05) is 86.7 Å². The molecule has 0 spiro atoms. The third-order valence-corrected chi connectivity index (χ3v) is 5.61. The molecule has 2 aromatic rings. The van der Waals surface area contributed by atoms with Gasteiger partial charge in [-0.15, -0.1) is 0 Å². The average Bonchev–Trinajstić information content (AvgIpc) is 2.83. The van der Waals surface area contributed by atoms with Gasteiger partial charge in [0.1, 0.15) is 5.60 Å². The highest BCUT2D eigenvalue weighted by atomic mass is 16.6. The molecule has 0 heterocycles. The Labute approximate surface area is 214 Å². The lowest BCUT2D eigenvalue weighted by atomic mass is 9.76. The van der Waals surface area contributed by atoms with Gasteiger partial charge in [-0.3, -0.25) is 19.8 Å². The maximum atomic E-state index is 13.6. The van der Waals surface area contributed by atoms with Crippen molar-refractivity contribution in [2.24, 2.45) is 29.5 Å². The number of hydrogen-bond acceptors (Lipinski definition) is 5. The predicted octanol–water partition coefficient (Wildman–Crippen LogP) is 4.24. The molecule has 0 fully saturated rings. The summed E-state index contributed by atoms with van der Waals surface area (Å²) in [4.78, 5) is 40.1. The van der Waals surface area contributed by atoms with E-state index in [2.05, 4.69) is 10.7 Å². The molecule has 0 saturated carbocycles. The van der Waals surface area contributed by atoms with Gasteiger partial charge in [-0.2, -0.15) is 0 Å². The zero-order valence-corrected chi connectivity index (χ0v) is 21.9. The normalized spacial score (nSPS) is 14.2. The summed E-state index contributed by atoms with van der Waals surface area (Å²) >= 11 is 0. The van der Waals surface area contributed by atoms with E-state index in [1.54, 1.807) is 32.9 Å². The molecule has 3 atom stereocenters. The first-order valence-corrected chi connectivity index (χ1v) is 12.3. The number of benzene rings is 2. The monoisotopic (exact) mass is 493 g/mol. The van der Waals surface area contributed by atoms with Crippen molar-refractivity contribution in [3.8, 4) is 0 Å². The number of nitrogens with two attached hydrogens (primary N) is 1. The van der Waals surface area contributed by atoms with Gasteiger partial charge in [0.15, 0.2) is 0 Å². The fourth-order valence-corrected chi connectivity index (χ4v) is 4.01. The molecule has 0 bridgehead atoms. The van der Waals surface area contributed by atoms with Gasteiger partial charge in [-0.05, 0) is 44.2 Å². The summed E-state index contributed by atoms with van der Waals surface area (Å²) in [5.41, 5.74) is 3.18. The second kappa shape index (κ2) is 13.6. The SMILES string of the molecule is CC(C)C[C@@H](C(=O)NN)[C@H](C(=O)OC(C)(C)C)C(/C=C/c1ccccc1)C(=O)NCc1ccccc1. The fraction of sp³-hybridized carbons (Fsp3) is 0.414. The van der Waals surface area contributed by atoms with Gasteiger partial charge in [0.2, 0.25) is 11.8 Å². The summed E-state index contributed by atoms with van der Waals surface area (Å²) in [6.45, 7) is 9.46. The van der Waals surface area contributed by atoms with Crippen LogP contribution in [-0.4, -0.2) is 23.4 Å². The summed E-state index contributed by atoms with van der Waals surface area (Å²) in [5, 5.41) is 2.94. The minimum atomic E-state index is -1.08. The molecule has 36 heavy (non-hydrogen) atoms. The van der Waals surface area contributed by atoms with E-state index in [1.165, 1.54) is 0 Å². The topological polar surface area (TPSA) is 111 Å². The molecule has 194 valence electrons. The Kier molecular flexibility index (Phi) is 10.9. The van der Waals surface area contributed by atoms with Crippen molar-refractivity contribution in [2.45, 2.75) is 53.2 Å². The Morgan fingerprint density at radius 2 is 1.53 bits per heavy atom. The Hall–Kier alpha value is -3.45. The Balaban J connectivity index is 2.53. The largest absolute Gasteiger partial charge is 0.460 e. The molecule has 0 saturated heterocycles. The molecule has 0 aliphatic rings. The van der Waals surface area contributed by atoms with Gasteiger partial charge in [0.05, 0.1) is 17.8 Å². The highest BCUT2D eigenvalue weighted by Crippen LogP contribution is 2.32. The molecular formula is C29H39N3O4. The number of carbonyl (C=O) groups is 3. The number of hydrazine groups is 1. The minimum absolute atomic E-state index is 0.0726. The standard InChI is InChI=1S/C29H39N3O4/c1-20(2)18-24(27(34)32-30)25(28(35)36-29(3,4)5)23(17-16-21-12-8-6-9-13-21)26(33)31-19-22-14-10-7-11-15-22/h6-17,20,23-25H,18-19,30H2,1-5H3,(H,31,33)(H,32,34)/b17-16+/t23?,24-,25-/m1/s1. The van der Waals surface area contributed by atoms with Crippen molar-refractivity contribution in [3.05, 3.63) is 77.9 Å². The third kappa shape index (κ3) is 9.30. The summed E-state index contributed by atoms with van der Waals surface area (Å²) in [6.07, 6.45) is 3.83. The van der Waals surface area contributed by atoms with Crippen LogP contribution in [0.3, 0.4) is 0 Å². The quantitative estimate of drug-likeness (QED) is 0.188. The van der Waals surface area contributed by atoms with Crippen LogP contribution in [0.25, 0.3) is 6.08 Å². The van der Waals surface area contributed by atoms with Gasteiger partial charge >= 0.3 is 5.97 Å². The Morgan fingerprint density at radius 1 is 0.944 bits per heavy atom. The van der Waals surface area contributed by atoms with E-state index in [4.69, 9.17) is 10.6 Å². The maximum Gasteiger partial charge on any atom is 0.311 e. The third-order valence-electron chi connectivity index (χ3n) is 5.61. The fourth-order valence-electron chi connectivity index (χ4n) is 4.01. The number of ether oxygens (including phenoxy) is 1. The zero-order valence-electron chi connectivity index (χ0n) is 21.9. The molecule has 0 aromatic heterocycles. The first-order valence-electron chi connectivity index (χ1n) is 12.3. The Bertz CT molecular complexity index is 1010. The molecule has 7 nitrogen and oxygen atoms in total. The molecule has 2 aromatic carbocycles. The predicted molar refractivity (Wildman–Crippen MR) is 142 cm³/mol. The highest BCUT2D eigenvalue weighted by molar-refractivity contribution is 5.92. The highest BCUT2D eigenvalue weighted by Gasteiger charge is 2.43. The first kappa shape index (κ1) is 28.8. The summed E-state index contributed by atoms with van der Waals surface area (Å²) in [7, 11) is 0. The van der Waals surface area contributed by atoms with Crippen LogP contribution in [0.1, 0.15) is 52.2 Å². The van der Waals surface area contributed by atoms with Crippen LogP contribution >= 0.6 is 0 Å². The van der Waals surface area contributed by atoms with Crippen LogP contribution in [0, 0.1) is 23.7 Å². The van der Waals surface area contributed by atoms with Crippen molar-refractivity contribution in [1.82, 2.24) is 10.7 Å². The van der Waals surface area contributed by atoms with Crippen LogP contribution in [0.15, 0.2) is 66.7 Å². The van der Waals surface area contributed by atoms with Crippen molar-refractivity contribution in [1.29, 1.82) is 0 Å². The summed E-state index contributed by atoms with van der Waals surface area (Å²) < 4.78 is 5.73. The van der Waals surface area contributed by atoms with Gasteiger partial charge in [0, 0.05) is 6.54 Å². The van der Waals surface area contributed by atoms with E-state index < -0.39 is 35.2 Å². The summed E-state index contributed by atoms with van der Waals surface area (Å²) in [5.74, 6) is 1.19. The number of rotatable bonds is 11. The van der Waals surface area contributed by atoms with Crippen molar-refractivity contribution in [3.63, 3.8) is 0 Å². The van der Waals surface area contributed by atoms with Crippen LogP contribution in [-0.2, 0) is 25.7 Å². The molecule has 0 radical (unpaired) electrons. The molecule has 0 aliphatic heterocycles. The van der Waals surface area contributed by atoms with Gasteiger partial charge in [-0.25, -0.2) is 5.84 Å². The maximum absolute atomic E-state index is 13.6. The van der Waals surface area contributed by atoms with Crippen molar-refractivity contribution in [2.75, 3.05) is 0 Å². The van der Waals surface area contributed by atoms with Crippen molar-refractivity contribution < 1.29 is 19.1 Å². The van der Waals surface area contributed by atoms with E-state index in [-0.39, 0.29) is 18.4 Å². The zero-order chi connectivity index (χ0) is 26.7. The van der Waals surface area contributed by atoms with Crippen LogP contribution < -0.4 is 16.6 Å². The molecule has 2 rings (SSSR count). The summed E-state index contributed by atoms with van der Waals surface area (Å²) in [6, 6.07) is 19.0. The number of carbonyl (C=O) groups excluding carboxylic acids is 3. The molecule has 2 amide bonds. The van der Waals surface area contributed by atoms with Crippen LogP contribution in [0.5, 0.6) is 0 Å². The molecule has 4 N–H and O–H groups in total. The molecule has 7 heteroatoms. The molecule has 0 aliphatic carbocycles. The second-order valence-corrected chi connectivity index (χ2v) is 10.3. The van der Waals surface area contributed by atoms with Gasteiger partial charge < -0.3 is 10.1 Å². The lowest BCUT2D eigenvalue weighted by molar-refractivity contribution is -0.167. The smallest absolute Gasteiger partial charge is 0.311 e. The lowest BCUT2D eigenvalue weighted by Crippen LogP contribution is -2.48. The number of amides is 2. The van der Waals surface area contributed by atoms with E-state index in [9.17, 15) is 14.4 Å². The van der Waals surface area contributed by atoms with E-state index in [0.29, 0.717) is 6.42 Å². The number of nitrogens with one attached hydrogen (secondary N) is 2. The van der Waals surface area contributed by atoms with E-state index in [1.807, 2.05) is 74.5 Å². The van der Waals surface area contributed by atoms with Crippen LogP contribution in [0.4, 0.5) is 0 Å². The minimum Gasteiger partial charge on any atom is -0.460 e. The lowest BCUT2D eigenvalue weighted by Gasteiger charge is -2.32. The van der Waals surface area contributed by atoms with E-state index >= 15 is 0 Å². The van der Waals surface area contributed by atoms with E-state index in [0.717, 1.165) is 11.1 Å². The second-order valence-electron chi connectivity index (χ2n) is 10.3. The number of esters is 1. The molecular weight excluding hydrogens is 454 g/mol. The Morgan fingerprint density at radius 3 is 2.06 bits per heavy atom. The van der Waals surface area contributed by atoms with Crippen LogP contribution in [0.2, 0.25) is 0 Å². The first-order chi connectivity index (χ1) is 17.0. The van der Waals surface area contributed by atoms with Gasteiger partial charge in [0.25, 0.3) is 0 Å². The molecule has 1 unspecified atom stereocenters. The van der Waals surface area contributed by atoms with Crippen molar-refractivity contribution >= 4 is 23.9 Å². The number of hydrogen-bond donors (Lipinski definition) is 3.